The Hall–Kier alpha value is -2.08. The van der Waals surface area contributed by atoms with Crippen LogP contribution in [0.3, 0.4) is 0 Å². The van der Waals surface area contributed by atoms with E-state index >= 15 is 0 Å². The molecule has 6 heteroatoms. The minimum atomic E-state index is -0.129. The first-order valence-corrected chi connectivity index (χ1v) is 12.9. The van der Waals surface area contributed by atoms with Gasteiger partial charge in [0.05, 0.1) is 12.5 Å². The number of aromatic hydroxyl groups is 1. The molecule has 2 fully saturated rings. The molecule has 0 bridgehead atoms. The third-order valence-electron chi connectivity index (χ3n) is 8.06. The van der Waals surface area contributed by atoms with E-state index in [1.165, 1.54) is 37.7 Å². The first-order chi connectivity index (χ1) is 15.8. The van der Waals surface area contributed by atoms with Crippen LogP contribution in [-0.4, -0.2) is 54.5 Å². The van der Waals surface area contributed by atoms with Crippen LogP contribution in [0, 0.1) is 17.8 Å². The molecule has 1 aromatic rings. The molecule has 184 valence electrons. The lowest BCUT2D eigenvalue weighted by atomic mass is 9.68. The second kappa shape index (κ2) is 11.9. The number of amides is 2. The lowest BCUT2D eigenvalue weighted by Crippen LogP contribution is -2.50. The molecule has 0 spiro atoms. The van der Waals surface area contributed by atoms with Gasteiger partial charge < -0.3 is 20.6 Å². The van der Waals surface area contributed by atoms with E-state index in [4.69, 9.17) is 0 Å². The van der Waals surface area contributed by atoms with E-state index in [1.54, 1.807) is 6.07 Å². The van der Waals surface area contributed by atoms with Gasteiger partial charge >= 0.3 is 0 Å². The van der Waals surface area contributed by atoms with Crippen molar-refractivity contribution in [3.05, 3.63) is 29.8 Å². The molecule has 6 nitrogen and oxygen atoms in total. The Kier molecular flexibility index (Phi) is 9.19. The summed E-state index contributed by atoms with van der Waals surface area (Å²) in [5.74, 6) is 1.14. The molecule has 3 N–H and O–H groups in total. The quantitative estimate of drug-likeness (QED) is 0.526. The number of nitrogens with one attached hydrogen (secondary N) is 2. The van der Waals surface area contributed by atoms with Crippen LogP contribution < -0.4 is 10.6 Å². The predicted molar refractivity (Wildman–Crippen MR) is 132 cm³/mol. The Bertz CT molecular complexity index is 793. The van der Waals surface area contributed by atoms with Crippen LogP contribution in [0.5, 0.6) is 5.75 Å². The number of hydrogen-bond acceptors (Lipinski definition) is 4. The smallest absolute Gasteiger partial charge is 0.239 e. The van der Waals surface area contributed by atoms with Crippen molar-refractivity contribution in [2.45, 2.75) is 71.1 Å². The van der Waals surface area contributed by atoms with Crippen molar-refractivity contribution in [1.29, 1.82) is 0 Å². The summed E-state index contributed by atoms with van der Waals surface area (Å²) >= 11 is 0. The van der Waals surface area contributed by atoms with Crippen molar-refractivity contribution in [2.24, 2.45) is 17.8 Å². The van der Waals surface area contributed by atoms with Crippen LogP contribution in [0.1, 0.15) is 71.3 Å². The number of benzene rings is 1. The average Bonchev–Trinajstić information content (AvgIpc) is 2.80. The standard InChI is InChI=1S/C27H43N3O3/c1-4-28-25(32)17-29-26(33)22(15-21-9-6-5-7-10-21)19-30-14-13-27(3,20(2)18-30)23-11-8-12-24(31)16-23/h8,11-12,16,20-22,31H,4-7,9-10,13-15,17-19H2,1-3H3,(H,28,32)(H,29,33). The molecule has 1 saturated heterocycles. The molecular formula is C27H43N3O3. The molecule has 3 unspecified atom stereocenters. The molecule has 0 radical (unpaired) electrons. The molecule has 2 aliphatic rings. The Morgan fingerprint density at radius 3 is 2.64 bits per heavy atom. The maximum atomic E-state index is 13.1. The van der Waals surface area contributed by atoms with E-state index in [0.29, 0.717) is 24.1 Å². The van der Waals surface area contributed by atoms with E-state index in [-0.39, 0.29) is 29.7 Å². The molecule has 0 aromatic heterocycles. The SMILES string of the molecule is CCNC(=O)CNC(=O)C(CC1CCCCC1)CN1CCC(C)(c2cccc(O)c2)C(C)C1. The van der Waals surface area contributed by atoms with E-state index < -0.39 is 0 Å². The van der Waals surface area contributed by atoms with Crippen LogP contribution >= 0.6 is 0 Å². The van der Waals surface area contributed by atoms with E-state index in [0.717, 1.165) is 32.5 Å². The summed E-state index contributed by atoms with van der Waals surface area (Å²) in [4.78, 5) is 27.4. The minimum Gasteiger partial charge on any atom is -0.508 e. The minimum absolute atomic E-state index is 0.00854. The van der Waals surface area contributed by atoms with Gasteiger partial charge in [-0.05, 0) is 61.3 Å². The number of nitrogens with zero attached hydrogens (tertiary/aromatic N) is 1. The number of rotatable bonds is 9. The predicted octanol–water partition coefficient (Wildman–Crippen LogP) is 3.83. The monoisotopic (exact) mass is 457 g/mol. The van der Waals surface area contributed by atoms with Crippen molar-refractivity contribution in [3.8, 4) is 5.75 Å². The lowest BCUT2D eigenvalue weighted by Gasteiger charge is -2.46. The van der Waals surface area contributed by atoms with Crippen molar-refractivity contribution in [2.75, 3.05) is 32.7 Å². The highest BCUT2D eigenvalue weighted by Crippen LogP contribution is 2.40. The van der Waals surface area contributed by atoms with Gasteiger partial charge in [0, 0.05) is 19.6 Å². The second-order valence-corrected chi connectivity index (χ2v) is 10.5. The summed E-state index contributed by atoms with van der Waals surface area (Å²) in [7, 11) is 0. The zero-order valence-electron chi connectivity index (χ0n) is 20.7. The number of carbonyl (C=O) groups is 2. The molecule has 1 aliphatic heterocycles. The van der Waals surface area contributed by atoms with Gasteiger partial charge in [-0.25, -0.2) is 0 Å². The van der Waals surface area contributed by atoms with Crippen LogP contribution in [-0.2, 0) is 15.0 Å². The van der Waals surface area contributed by atoms with E-state index in [9.17, 15) is 14.7 Å². The topological polar surface area (TPSA) is 81.7 Å². The second-order valence-electron chi connectivity index (χ2n) is 10.5. The van der Waals surface area contributed by atoms with Crippen molar-refractivity contribution < 1.29 is 14.7 Å². The molecule has 33 heavy (non-hydrogen) atoms. The zero-order valence-corrected chi connectivity index (χ0v) is 20.7. The molecule has 1 heterocycles. The Balaban J connectivity index is 1.63. The molecule has 1 saturated carbocycles. The maximum absolute atomic E-state index is 13.1. The van der Waals surface area contributed by atoms with Gasteiger partial charge in [0.15, 0.2) is 0 Å². The first kappa shape index (κ1) is 25.5. The van der Waals surface area contributed by atoms with Gasteiger partial charge in [0.2, 0.25) is 11.8 Å². The molecule has 3 rings (SSSR count). The van der Waals surface area contributed by atoms with E-state index in [1.807, 2.05) is 19.1 Å². The van der Waals surface area contributed by atoms with Gasteiger partial charge in [-0.15, -0.1) is 0 Å². The third-order valence-corrected chi connectivity index (χ3v) is 8.06. The third kappa shape index (κ3) is 6.95. The Morgan fingerprint density at radius 2 is 1.97 bits per heavy atom. The Morgan fingerprint density at radius 1 is 1.21 bits per heavy atom. The van der Waals surface area contributed by atoms with Crippen LogP contribution in [0.15, 0.2) is 24.3 Å². The highest BCUT2D eigenvalue weighted by molar-refractivity contribution is 5.85. The number of phenolic OH excluding ortho intramolecular Hbond substituents is 1. The number of phenols is 1. The normalized spacial score (nSPS) is 25.4. The highest BCUT2D eigenvalue weighted by atomic mass is 16.3. The maximum Gasteiger partial charge on any atom is 0.239 e. The number of piperidine rings is 1. The fourth-order valence-electron chi connectivity index (χ4n) is 5.75. The number of likely N-dealkylation sites (N-methyl/N-ethyl adjacent to an activating group) is 1. The van der Waals surface area contributed by atoms with Crippen LogP contribution in [0.4, 0.5) is 0 Å². The van der Waals surface area contributed by atoms with Crippen molar-refractivity contribution in [3.63, 3.8) is 0 Å². The lowest BCUT2D eigenvalue weighted by molar-refractivity contribution is -0.129. The molecule has 1 aliphatic carbocycles. The van der Waals surface area contributed by atoms with Gasteiger partial charge in [0.1, 0.15) is 5.75 Å². The summed E-state index contributed by atoms with van der Waals surface area (Å²) in [5.41, 5.74) is 1.20. The fraction of sp³-hybridized carbons (Fsp3) is 0.704. The Labute approximate surface area is 199 Å². The first-order valence-electron chi connectivity index (χ1n) is 12.9. The highest BCUT2D eigenvalue weighted by Gasteiger charge is 2.39. The van der Waals surface area contributed by atoms with Gasteiger partial charge in [-0.3, -0.25) is 9.59 Å². The van der Waals surface area contributed by atoms with Crippen molar-refractivity contribution in [1.82, 2.24) is 15.5 Å². The summed E-state index contributed by atoms with van der Waals surface area (Å²) in [5, 5.41) is 15.6. The summed E-state index contributed by atoms with van der Waals surface area (Å²) < 4.78 is 0. The number of hydrogen-bond donors (Lipinski definition) is 3. The van der Waals surface area contributed by atoms with Crippen LogP contribution in [0.2, 0.25) is 0 Å². The zero-order chi connectivity index (χ0) is 23.8. The summed E-state index contributed by atoms with van der Waals surface area (Å²) in [6.07, 6.45) is 8.17. The van der Waals surface area contributed by atoms with Gasteiger partial charge in [0.25, 0.3) is 0 Å². The summed E-state index contributed by atoms with van der Waals surface area (Å²) in [6.45, 7) is 9.69. The largest absolute Gasteiger partial charge is 0.508 e. The molecule has 3 atom stereocenters. The van der Waals surface area contributed by atoms with Crippen LogP contribution in [0.25, 0.3) is 0 Å². The number of carbonyl (C=O) groups excluding carboxylic acids is 2. The van der Waals surface area contributed by atoms with E-state index in [2.05, 4.69) is 35.4 Å². The van der Waals surface area contributed by atoms with Gasteiger partial charge in [-0.2, -0.15) is 0 Å². The molecular weight excluding hydrogens is 414 g/mol. The molecule has 2 amide bonds. The fourth-order valence-corrected chi connectivity index (χ4v) is 5.75. The summed E-state index contributed by atoms with van der Waals surface area (Å²) in [6, 6.07) is 7.66. The van der Waals surface area contributed by atoms with Crippen molar-refractivity contribution >= 4 is 11.8 Å². The average molecular weight is 458 g/mol. The number of likely N-dealkylation sites (tertiary alicyclic amines) is 1. The van der Waals surface area contributed by atoms with Gasteiger partial charge in [-0.1, -0.05) is 58.1 Å². The molecule has 1 aromatic carbocycles.